The molecule has 2 aliphatic rings. The van der Waals surface area contributed by atoms with E-state index in [0.29, 0.717) is 6.04 Å². The Morgan fingerprint density at radius 3 is 2.83 bits per heavy atom. The molecule has 98 valence electrons. The van der Waals surface area contributed by atoms with Crippen molar-refractivity contribution >= 4 is 17.2 Å². The number of rotatable bonds is 2. The number of carbonyl (C=O) groups excluding carboxylic acids is 1. The maximum Gasteiger partial charge on any atom is 0.241 e. The van der Waals surface area contributed by atoms with Crippen molar-refractivity contribution in [2.24, 2.45) is 5.92 Å². The van der Waals surface area contributed by atoms with Gasteiger partial charge in [0.2, 0.25) is 5.91 Å². The van der Waals surface area contributed by atoms with Gasteiger partial charge in [0.15, 0.2) is 0 Å². The van der Waals surface area contributed by atoms with Crippen molar-refractivity contribution in [1.29, 1.82) is 0 Å². The van der Waals surface area contributed by atoms with Crippen molar-refractivity contribution in [1.82, 2.24) is 10.2 Å². The first kappa shape index (κ1) is 12.2. The van der Waals surface area contributed by atoms with Crippen LogP contribution in [0, 0.1) is 5.92 Å². The van der Waals surface area contributed by atoms with Gasteiger partial charge in [-0.15, -0.1) is 0 Å². The second-order valence-electron chi connectivity index (χ2n) is 5.67. The van der Waals surface area contributed by atoms with Crippen LogP contribution < -0.4 is 5.32 Å². The first-order valence-corrected chi connectivity index (χ1v) is 7.71. The molecule has 1 aromatic heterocycles. The highest BCUT2D eigenvalue weighted by Crippen LogP contribution is 2.36. The summed E-state index contributed by atoms with van der Waals surface area (Å²) < 4.78 is 0. The van der Waals surface area contributed by atoms with E-state index in [1.54, 1.807) is 11.3 Å². The average Bonchev–Trinajstić information content (AvgIpc) is 3.02. The van der Waals surface area contributed by atoms with Gasteiger partial charge < -0.3 is 4.90 Å². The van der Waals surface area contributed by atoms with E-state index in [1.165, 1.54) is 12.0 Å². The summed E-state index contributed by atoms with van der Waals surface area (Å²) in [4.78, 5) is 14.5. The standard InChI is InChI=1S/C14H20N2OS/c1-9-3-4-12(7-9)16-13(11-5-6-18-8-11)15-10(2)14(16)17/h5-6,8-10,12-13,15H,3-4,7H2,1-2H3. The quantitative estimate of drug-likeness (QED) is 0.891. The zero-order valence-corrected chi connectivity index (χ0v) is 11.7. The molecule has 1 N–H and O–H groups in total. The topological polar surface area (TPSA) is 32.3 Å². The van der Waals surface area contributed by atoms with Crippen LogP contribution in [0.1, 0.15) is 44.8 Å². The van der Waals surface area contributed by atoms with E-state index in [9.17, 15) is 4.79 Å². The first-order chi connectivity index (χ1) is 8.66. The van der Waals surface area contributed by atoms with Crippen LogP contribution in [-0.2, 0) is 4.79 Å². The number of hydrogen-bond acceptors (Lipinski definition) is 3. The second kappa shape index (κ2) is 4.67. The molecule has 1 aliphatic carbocycles. The third-order valence-corrected chi connectivity index (χ3v) is 4.93. The fourth-order valence-corrected chi connectivity index (χ4v) is 3.93. The Hall–Kier alpha value is -0.870. The maximum absolute atomic E-state index is 12.4. The summed E-state index contributed by atoms with van der Waals surface area (Å²) in [6.45, 7) is 4.26. The first-order valence-electron chi connectivity index (χ1n) is 6.77. The minimum atomic E-state index is -0.0502. The maximum atomic E-state index is 12.4. The molecule has 4 unspecified atom stereocenters. The van der Waals surface area contributed by atoms with Gasteiger partial charge in [-0.05, 0) is 54.5 Å². The third kappa shape index (κ3) is 1.97. The SMILES string of the molecule is CC1CCC(N2C(=O)C(C)NC2c2ccsc2)C1. The van der Waals surface area contributed by atoms with E-state index < -0.39 is 0 Å². The zero-order chi connectivity index (χ0) is 12.7. The van der Waals surface area contributed by atoms with Gasteiger partial charge in [-0.2, -0.15) is 11.3 Å². The molecule has 0 radical (unpaired) electrons. The normalized spacial score (nSPS) is 36.6. The molecule has 4 heteroatoms. The molecule has 0 bridgehead atoms. The molecule has 4 atom stereocenters. The smallest absolute Gasteiger partial charge is 0.241 e. The number of thiophene rings is 1. The highest BCUT2D eigenvalue weighted by atomic mass is 32.1. The summed E-state index contributed by atoms with van der Waals surface area (Å²) in [7, 11) is 0. The number of amides is 1. The summed E-state index contributed by atoms with van der Waals surface area (Å²) in [5.41, 5.74) is 1.23. The number of nitrogens with zero attached hydrogens (tertiary/aromatic N) is 1. The van der Waals surface area contributed by atoms with Gasteiger partial charge in [0.1, 0.15) is 6.17 Å². The van der Waals surface area contributed by atoms with Crippen LogP contribution in [0.2, 0.25) is 0 Å². The van der Waals surface area contributed by atoms with Gasteiger partial charge >= 0.3 is 0 Å². The molecule has 1 amide bonds. The minimum Gasteiger partial charge on any atom is -0.319 e. The lowest BCUT2D eigenvalue weighted by Gasteiger charge is -2.30. The molecule has 0 aromatic carbocycles. The van der Waals surface area contributed by atoms with Gasteiger partial charge in [0.05, 0.1) is 6.04 Å². The molecule has 2 fully saturated rings. The minimum absolute atomic E-state index is 0.0502. The number of carbonyl (C=O) groups is 1. The van der Waals surface area contributed by atoms with Gasteiger partial charge in [-0.1, -0.05) is 6.92 Å². The fourth-order valence-electron chi connectivity index (χ4n) is 3.25. The lowest BCUT2D eigenvalue weighted by Crippen LogP contribution is -2.38. The van der Waals surface area contributed by atoms with Crippen LogP contribution in [0.5, 0.6) is 0 Å². The number of hydrogen-bond donors (Lipinski definition) is 1. The molecule has 18 heavy (non-hydrogen) atoms. The summed E-state index contributed by atoms with van der Waals surface area (Å²) in [5, 5.41) is 7.66. The molecule has 3 nitrogen and oxygen atoms in total. The molecule has 3 rings (SSSR count). The molecule has 1 saturated heterocycles. The van der Waals surface area contributed by atoms with Crippen LogP contribution in [-0.4, -0.2) is 22.9 Å². The van der Waals surface area contributed by atoms with Crippen LogP contribution in [0.15, 0.2) is 16.8 Å². The largest absolute Gasteiger partial charge is 0.319 e. The summed E-state index contributed by atoms with van der Waals surface area (Å²) in [5.74, 6) is 1.02. The van der Waals surface area contributed by atoms with Gasteiger partial charge in [0, 0.05) is 6.04 Å². The third-order valence-electron chi connectivity index (χ3n) is 4.23. The molecular formula is C14H20N2OS. The highest BCUT2D eigenvalue weighted by molar-refractivity contribution is 7.07. The summed E-state index contributed by atoms with van der Waals surface area (Å²) in [6, 6.07) is 2.50. The second-order valence-corrected chi connectivity index (χ2v) is 6.45. The fraction of sp³-hybridized carbons (Fsp3) is 0.643. The summed E-state index contributed by atoms with van der Waals surface area (Å²) in [6.07, 6.45) is 3.65. The van der Waals surface area contributed by atoms with E-state index in [4.69, 9.17) is 0 Å². The van der Waals surface area contributed by atoms with Crippen molar-refractivity contribution in [3.05, 3.63) is 22.4 Å². The van der Waals surface area contributed by atoms with E-state index in [2.05, 4.69) is 34.0 Å². The predicted octanol–water partition coefficient (Wildman–Crippen LogP) is 2.76. The lowest BCUT2D eigenvalue weighted by molar-refractivity contribution is -0.132. The molecule has 1 aliphatic heterocycles. The van der Waals surface area contributed by atoms with Crippen molar-refractivity contribution in [2.45, 2.75) is 51.4 Å². The zero-order valence-electron chi connectivity index (χ0n) is 10.9. The van der Waals surface area contributed by atoms with E-state index in [1.807, 2.05) is 6.92 Å². The van der Waals surface area contributed by atoms with Gasteiger partial charge in [0.25, 0.3) is 0 Å². The number of nitrogens with one attached hydrogen (secondary N) is 1. The van der Waals surface area contributed by atoms with Crippen LogP contribution in [0.4, 0.5) is 0 Å². The molecule has 1 aromatic rings. The van der Waals surface area contributed by atoms with Crippen LogP contribution in [0.3, 0.4) is 0 Å². The highest BCUT2D eigenvalue weighted by Gasteiger charge is 2.42. The van der Waals surface area contributed by atoms with Gasteiger partial charge in [-0.3, -0.25) is 10.1 Å². The Labute approximate surface area is 112 Å². The predicted molar refractivity (Wildman–Crippen MR) is 73.3 cm³/mol. The molecule has 0 spiro atoms. The Kier molecular flexibility index (Phi) is 3.16. The van der Waals surface area contributed by atoms with E-state index in [0.717, 1.165) is 18.8 Å². The lowest BCUT2D eigenvalue weighted by atomic mass is 10.1. The van der Waals surface area contributed by atoms with E-state index >= 15 is 0 Å². The van der Waals surface area contributed by atoms with Crippen molar-refractivity contribution in [3.8, 4) is 0 Å². The van der Waals surface area contributed by atoms with Gasteiger partial charge in [-0.25, -0.2) is 0 Å². The van der Waals surface area contributed by atoms with Crippen molar-refractivity contribution in [2.75, 3.05) is 0 Å². The van der Waals surface area contributed by atoms with Crippen molar-refractivity contribution in [3.63, 3.8) is 0 Å². The molecular weight excluding hydrogens is 244 g/mol. The monoisotopic (exact) mass is 264 g/mol. The van der Waals surface area contributed by atoms with E-state index in [-0.39, 0.29) is 18.1 Å². The Bertz CT molecular complexity index is 431. The Balaban J connectivity index is 1.86. The molecule has 1 saturated carbocycles. The van der Waals surface area contributed by atoms with Crippen LogP contribution in [0.25, 0.3) is 0 Å². The summed E-state index contributed by atoms with van der Waals surface area (Å²) >= 11 is 1.70. The Morgan fingerprint density at radius 1 is 1.39 bits per heavy atom. The van der Waals surface area contributed by atoms with Crippen LogP contribution >= 0.6 is 11.3 Å². The molecule has 2 heterocycles. The average molecular weight is 264 g/mol. The van der Waals surface area contributed by atoms with Crippen molar-refractivity contribution < 1.29 is 4.79 Å². The Morgan fingerprint density at radius 2 is 2.22 bits per heavy atom.